The topological polar surface area (TPSA) is 106 Å². The van der Waals surface area contributed by atoms with Crippen LogP contribution in [0.1, 0.15) is 59.1 Å². The van der Waals surface area contributed by atoms with Crippen LogP contribution in [0.2, 0.25) is 0 Å². The number of alkyl carbamates (subject to hydrolysis) is 1. The predicted molar refractivity (Wildman–Crippen MR) is 133 cm³/mol. The van der Waals surface area contributed by atoms with Crippen molar-refractivity contribution in [1.29, 1.82) is 5.26 Å². The highest BCUT2D eigenvalue weighted by molar-refractivity contribution is 5.88. The van der Waals surface area contributed by atoms with Crippen LogP contribution in [0, 0.1) is 23.1 Å². The Morgan fingerprint density at radius 3 is 2.62 bits per heavy atom. The highest BCUT2D eigenvalue weighted by Crippen LogP contribution is 2.38. The normalized spacial score (nSPS) is 27.2. The lowest BCUT2D eigenvalue weighted by atomic mass is 10.1. The van der Waals surface area contributed by atoms with E-state index in [4.69, 9.17) is 4.74 Å². The molecule has 3 fully saturated rings. The van der Waals surface area contributed by atoms with E-state index >= 15 is 0 Å². The maximum atomic E-state index is 13.8. The smallest absolute Gasteiger partial charge is 0.408 e. The first-order valence-corrected chi connectivity index (χ1v) is 12.9. The SMILES string of the molecule is CC1CC(C#N)N(C(=O)C(CN2CC3CC2C(=O)N3C(C)c2cccc(F)c2)NC(=O)OC(C)(C)C)C1. The van der Waals surface area contributed by atoms with E-state index in [0.29, 0.717) is 25.9 Å². The van der Waals surface area contributed by atoms with E-state index in [9.17, 15) is 24.0 Å². The molecule has 1 N–H and O–H groups in total. The zero-order valence-corrected chi connectivity index (χ0v) is 22.1. The van der Waals surface area contributed by atoms with Gasteiger partial charge in [0.25, 0.3) is 0 Å². The third kappa shape index (κ3) is 5.72. The lowest BCUT2D eigenvalue weighted by Crippen LogP contribution is -2.59. The van der Waals surface area contributed by atoms with Crippen molar-refractivity contribution in [2.24, 2.45) is 5.92 Å². The summed E-state index contributed by atoms with van der Waals surface area (Å²) in [6, 6.07) is 6.18. The molecule has 4 rings (SSSR count). The predicted octanol–water partition coefficient (Wildman–Crippen LogP) is 2.83. The van der Waals surface area contributed by atoms with Crippen LogP contribution in [0.5, 0.6) is 0 Å². The van der Waals surface area contributed by atoms with Crippen LogP contribution in [-0.4, -0.2) is 82.0 Å². The van der Waals surface area contributed by atoms with Crippen molar-refractivity contribution in [3.8, 4) is 6.07 Å². The van der Waals surface area contributed by atoms with E-state index in [1.54, 1.807) is 26.8 Å². The number of carbonyl (C=O) groups is 3. The standard InChI is InChI=1S/C27H36FN5O4/c1-16-9-20(12-29)32(13-16)24(34)22(30-26(36)37-27(3,4)5)15-31-14-21-11-23(31)25(35)33(21)17(2)18-7-6-8-19(28)10-18/h6-8,10,16-17,20-23H,9,11,13-15H2,1-5H3,(H,30,36). The molecule has 1 aromatic rings. The molecule has 6 atom stereocenters. The van der Waals surface area contributed by atoms with Gasteiger partial charge in [-0.25, -0.2) is 9.18 Å². The van der Waals surface area contributed by atoms with Gasteiger partial charge in [0.15, 0.2) is 0 Å². The van der Waals surface area contributed by atoms with Gasteiger partial charge < -0.3 is 19.9 Å². The first-order chi connectivity index (χ1) is 17.4. The monoisotopic (exact) mass is 513 g/mol. The average molecular weight is 514 g/mol. The molecule has 0 aromatic heterocycles. The van der Waals surface area contributed by atoms with Gasteiger partial charge in [0.05, 0.1) is 18.2 Å². The molecule has 1 aromatic carbocycles. The molecule has 3 amide bonds. The number of benzene rings is 1. The molecule has 3 aliphatic rings. The largest absolute Gasteiger partial charge is 0.444 e. The Morgan fingerprint density at radius 2 is 2.00 bits per heavy atom. The second-order valence-corrected chi connectivity index (χ2v) is 11.5. The molecule has 0 radical (unpaired) electrons. The second-order valence-electron chi connectivity index (χ2n) is 11.5. The number of ether oxygens (including phenoxy) is 1. The quantitative estimate of drug-likeness (QED) is 0.627. The first kappa shape index (κ1) is 26.9. The van der Waals surface area contributed by atoms with E-state index in [1.807, 2.05) is 29.7 Å². The molecule has 37 heavy (non-hydrogen) atoms. The molecule has 6 unspecified atom stereocenters. The molecule has 2 bridgehead atoms. The Morgan fingerprint density at radius 1 is 1.27 bits per heavy atom. The summed E-state index contributed by atoms with van der Waals surface area (Å²) in [5, 5.41) is 12.3. The number of nitrogens with zero attached hydrogens (tertiary/aromatic N) is 4. The zero-order chi connectivity index (χ0) is 27.1. The minimum atomic E-state index is -0.961. The summed E-state index contributed by atoms with van der Waals surface area (Å²) in [6.45, 7) is 10.2. The Balaban J connectivity index is 1.49. The number of fused-ring (bicyclic) bond motifs is 2. The molecule has 3 heterocycles. The summed E-state index contributed by atoms with van der Waals surface area (Å²) in [4.78, 5) is 44.9. The van der Waals surface area contributed by atoms with Gasteiger partial charge in [0, 0.05) is 25.7 Å². The van der Waals surface area contributed by atoms with E-state index in [1.165, 1.54) is 17.0 Å². The van der Waals surface area contributed by atoms with E-state index < -0.39 is 29.8 Å². The van der Waals surface area contributed by atoms with E-state index in [-0.39, 0.29) is 42.2 Å². The third-order valence-corrected chi connectivity index (χ3v) is 7.41. The van der Waals surface area contributed by atoms with E-state index in [0.717, 1.165) is 5.56 Å². The molecule has 0 spiro atoms. The van der Waals surface area contributed by atoms with E-state index in [2.05, 4.69) is 11.4 Å². The molecular weight excluding hydrogens is 477 g/mol. The van der Waals surface area contributed by atoms with Gasteiger partial charge in [-0.1, -0.05) is 19.1 Å². The maximum Gasteiger partial charge on any atom is 0.408 e. The van der Waals surface area contributed by atoms with Gasteiger partial charge in [0.1, 0.15) is 23.5 Å². The minimum absolute atomic E-state index is 0.0684. The number of hydrogen-bond donors (Lipinski definition) is 1. The maximum absolute atomic E-state index is 13.8. The molecule has 0 saturated carbocycles. The number of hydrogen-bond acceptors (Lipinski definition) is 6. The zero-order valence-electron chi connectivity index (χ0n) is 22.1. The van der Waals surface area contributed by atoms with Crippen LogP contribution in [0.15, 0.2) is 24.3 Å². The van der Waals surface area contributed by atoms with Gasteiger partial charge >= 0.3 is 6.09 Å². The number of nitriles is 1. The fourth-order valence-electron chi connectivity index (χ4n) is 5.81. The minimum Gasteiger partial charge on any atom is -0.444 e. The summed E-state index contributed by atoms with van der Waals surface area (Å²) < 4.78 is 19.2. The number of likely N-dealkylation sites (tertiary alicyclic amines) is 3. The van der Waals surface area contributed by atoms with Crippen molar-refractivity contribution in [2.75, 3.05) is 19.6 Å². The van der Waals surface area contributed by atoms with Crippen LogP contribution in [0.4, 0.5) is 9.18 Å². The fourth-order valence-corrected chi connectivity index (χ4v) is 5.81. The van der Waals surface area contributed by atoms with Crippen LogP contribution >= 0.6 is 0 Å². The van der Waals surface area contributed by atoms with Gasteiger partial charge in [-0.2, -0.15) is 5.26 Å². The number of nitrogens with one attached hydrogen (secondary N) is 1. The Bertz CT molecular complexity index is 1100. The summed E-state index contributed by atoms with van der Waals surface area (Å²) in [7, 11) is 0. The van der Waals surface area contributed by atoms with Gasteiger partial charge in [-0.05, 0) is 64.2 Å². The van der Waals surface area contributed by atoms with Crippen LogP contribution in [0.25, 0.3) is 0 Å². The summed E-state index contributed by atoms with van der Waals surface area (Å²) >= 11 is 0. The van der Waals surface area contributed by atoms with Crippen molar-refractivity contribution in [3.05, 3.63) is 35.6 Å². The lowest BCUT2D eigenvalue weighted by Gasteiger charge is -2.39. The van der Waals surface area contributed by atoms with Crippen molar-refractivity contribution in [2.45, 2.75) is 83.3 Å². The summed E-state index contributed by atoms with van der Waals surface area (Å²) in [6.07, 6.45) is 0.470. The summed E-state index contributed by atoms with van der Waals surface area (Å²) in [5.74, 6) is -0.578. The molecule has 3 saturated heterocycles. The van der Waals surface area contributed by atoms with Gasteiger partial charge in [-0.3, -0.25) is 14.5 Å². The van der Waals surface area contributed by atoms with Gasteiger partial charge in [0.2, 0.25) is 11.8 Å². The Kier molecular flexibility index (Phi) is 7.47. The highest BCUT2D eigenvalue weighted by Gasteiger charge is 2.52. The Labute approximate surface area is 217 Å². The third-order valence-electron chi connectivity index (χ3n) is 7.41. The van der Waals surface area contributed by atoms with Crippen molar-refractivity contribution in [1.82, 2.24) is 20.0 Å². The highest BCUT2D eigenvalue weighted by atomic mass is 19.1. The van der Waals surface area contributed by atoms with Crippen molar-refractivity contribution >= 4 is 17.9 Å². The average Bonchev–Trinajstić information content (AvgIpc) is 3.48. The van der Waals surface area contributed by atoms with Crippen molar-refractivity contribution in [3.63, 3.8) is 0 Å². The fraction of sp³-hybridized carbons (Fsp3) is 0.630. The van der Waals surface area contributed by atoms with Crippen LogP contribution < -0.4 is 5.32 Å². The Hall–Kier alpha value is -3.19. The molecule has 200 valence electrons. The van der Waals surface area contributed by atoms with Crippen LogP contribution in [0.3, 0.4) is 0 Å². The van der Waals surface area contributed by atoms with Gasteiger partial charge in [-0.15, -0.1) is 0 Å². The number of amides is 3. The second kappa shape index (κ2) is 10.3. The van der Waals surface area contributed by atoms with Crippen LogP contribution in [-0.2, 0) is 14.3 Å². The number of piperazine rings is 1. The molecule has 0 aliphatic carbocycles. The van der Waals surface area contributed by atoms with Crippen molar-refractivity contribution < 1.29 is 23.5 Å². The first-order valence-electron chi connectivity index (χ1n) is 12.9. The number of carbonyl (C=O) groups excluding carboxylic acids is 3. The molecule has 10 heteroatoms. The lowest BCUT2D eigenvalue weighted by molar-refractivity contribution is -0.141. The molecule has 9 nitrogen and oxygen atoms in total. The molecule has 3 aliphatic heterocycles. The summed E-state index contributed by atoms with van der Waals surface area (Å²) in [5.41, 5.74) is -0.0107. The number of halogens is 1. The number of rotatable bonds is 6. The molecular formula is C27H36FN5O4.